The van der Waals surface area contributed by atoms with Crippen LogP contribution >= 0.6 is 0 Å². The van der Waals surface area contributed by atoms with Crippen molar-refractivity contribution in [2.24, 2.45) is 0 Å². The molecule has 1 aromatic rings. The van der Waals surface area contributed by atoms with Gasteiger partial charge in [0.1, 0.15) is 0 Å². The zero-order valence-corrected chi connectivity index (χ0v) is 11.1. The van der Waals surface area contributed by atoms with E-state index in [0.717, 1.165) is 17.9 Å². The molecule has 2 aliphatic heterocycles. The van der Waals surface area contributed by atoms with Crippen LogP contribution in [0.2, 0.25) is 0 Å². The van der Waals surface area contributed by atoms with Gasteiger partial charge in [-0.05, 0) is 46.0 Å². The Kier molecular flexibility index (Phi) is 3.09. The summed E-state index contributed by atoms with van der Waals surface area (Å²) in [5.74, 6) is 0. The van der Waals surface area contributed by atoms with Crippen LogP contribution in [-0.4, -0.2) is 46.3 Å². The van der Waals surface area contributed by atoms with Crippen molar-refractivity contribution in [1.29, 1.82) is 0 Å². The molecule has 1 saturated heterocycles. The van der Waals surface area contributed by atoms with Crippen LogP contribution in [0.5, 0.6) is 0 Å². The first kappa shape index (κ1) is 11.7. The highest BCUT2D eigenvalue weighted by Gasteiger charge is 2.20. The SMILES string of the molecule is Cc1[nH]nc2c1C=CN(NC1CCN(C)CC1)C2. The van der Waals surface area contributed by atoms with E-state index in [1.54, 1.807) is 0 Å². The van der Waals surface area contributed by atoms with Crippen LogP contribution in [0.25, 0.3) is 6.08 Å². The standard InChI is InChI=1S/C13H21N5/c1-10-12-5-8-18(9-13(12)15-14-10)16-11-3-6-17(2)7-4-11/h5,8,11,16H,3-4,6-7,9H2,1-2H3,(H,14,15). The molecule has 5 heteroatoms. The summed E-state index contributed by atoms with van der Waals surface area (Å²) in [4.78, 5) is 2.39. The van der Waals surface area contributed by atoms with Crippen LogP contribution in [0.4, 0.5) is 0 Å². The fourth-order valence-corrected chi connectivity index (χ4v) is 2.67. The van der Waals surface area contributed by atoms with Crippen LogP contribution in [0.15, 0.2) is 6.20 Å². The maximum absolute atomic E-state index is 4.35. The predicted octanol–water partition coefficient (Wildman–Crippen LogP) is 1.10. The Morgan fingerprint density at radius 2 is 2.17 bits per heavy atom. The van der Waals surface area contributed by atoms with Crippen molar-refractivity contribution in [3.8, 4) is 0 Å². The summed E-state index contributed by atoms with van der Waals surface area (Å²) >= 11 is 0. The first-order valence-corrected chi connectivity index (χ1v) is 6.66. The van der Waals surface area contributed by atoms with E-state index in [1.165, 1.54) is 31.5 Å². The summed E-state index contributed by atoms with van der Waals surface area (Å²) in [6.07, 6.45) is 6.70. The number of likely N-dealkylation sites (tertiary alicyclic amines) is 1. The lowest BCUT2D eigenvalue weighted by Crippen LogP contribution is -2.47. The van der Waals surface area contributed by atoms with Crippen LogP contribution in [-0.2, 0) is 6.54 Å². The normalized spacial score (nSPS) is 21.3. The van der Waals surface area contributed by atoms with Gasteiger partial charge in [0.15, 0.2) is 0 Å². The average Bonchev–Trinajstić information content (AvgIpc) is 2.74. The summed E-state index contributed by atoms with van der Waals surface area (Å²) in [6.45, 7) is 5.28. The molecule has 3 rings (SSSR count). The van der Waals surface area contributed by atoms with Crippen LogP contribution < -0.4 is 5.43 Å². The molecule has 0 radical (unpaired) electrons. The van der Waals surface area contributed by atoms with E-state index in [-0.39, 0.29) is 0 Å². The van der Waals surface area contributed by atoms with Crippen LogP contribution in [0.1, 0.15) is 29.8 Å². The number of aromatic nitrogens is 2. The van der Waals surface area contributed by atoms with Gasteiger partial charge in [0.2, 0.25) is 0 Å². The smallest absolute Gasteiger partial charge is 0.0906 e. The molecule has 2 aliphatic rings. The molecule has 0 amide bonds. The number of nitrogens with one attached hydrogen (secondary N) is 2. The highest BCUT2D eigenvalue weighted by Crippen LogP contribution is 2.20. The van der Waals surface area contributed by atoms with Crippen molar-refractivity contribution in [1.82, 2.24) is 25.5 Å². The van der Waals surface area contributed by atoms with Gasteiger partial charge in [-0.25, -0.2) is 5.43 Å². The summed E-state index contributed by atoms with van der Waals surface area (Å²) in [6, 6.07) is 0.590. The van der Waals surface area contributed by atoms with Gasteiger partial charge in [-0.2, -0.15) is 5.10 Å². The van der Waals surface area contributed by atoms with Crippen LogP contribution in [0, 0.1) is 6.92 Å². The number of hydrogen-bond acceptors (Lipinski definition) is 4. The predicted molar refractivity (Wildman–Crippen MR) is 71.6 cm³/mol. The quantitative estimate of drug-likeness (QED) is 0.821. The van der Waals surface area contributed by atoms with E-state index < -0.39 is 0 Å². The number of hydrogen-bond donors (Lipinski definition) is 2. The molecule has 98 valence electrons. The first-order chi connectivity index (χ1) is 8.72. The van der Waals surface area contributed by atoms with E-state index in [0.29, 0.717) is 6.04 Å². The van der Waals surface area contributed by atoms with E-state index in [4.69, 9.17) is 0 Å². The largest absolute Gasteiger partial charge is 0.309 e. The molecule has 5 nitrogen and oxygen atoms in total. The van der Waals surface area contributed by atoms with Crippen molar-refractivity contribution >= 4 is 6.08 Å². The van der Waals surface area contributed by atoms with E-state index >= 15 is 0 Å². The molecule has 1 aromatic heterocycles. The third-order valence-electron chi connectivity index (χ3n) is 3.88. The molecule has 2 N–H and O–H groups in total. The number of nitrogens with zero attached hydrogens (tertiary/aromatic N) is 3. The number of H-pyrrole nitrogens is 1. The molecule has 0 aromatic carbocycles. The first-order valence-electron chi connectivity index (χ1n) is 6.66. The Labute approximate surface area is 108 Å². The molecule has 3 heterocycles. The van der Waals surface area contributed by atoms with Gasteiger partial charge in [-0.1, -0.05) is 0 Å². The molecular weight excluding hydrogens is 226 g/mol. The van der Waals surface area contributed by atoms with E-state index in [9.17, 15) is 0 Å². The van der Waals surface area contributed by atoms with Crippen molar-refractivity contribution in [3.63, 3.8) is 0 Å². The Morgan fingerprint density at radius 1 is 1.39 bits per heavy atom. The number of fused-ring (bicyclic) bond motifs is 1. The molecule has 1 fully saturated rings. The van der Waals surface area contributed by atoms with Gasteiger partial charge in [-0.15, -0.1) is 0 Å². The van der Waals surface area contributed by atoms with Crippen molar-refractivity contribution in [3.05, 3.63) is 23.2 Å². The number of aromatic amines is 1. The lowest BCUT2D eigenvalue weighted by atomic mass is 10.1. The Hall–Kier alpha value is -1.33. The lowest BCUT2D eigenvalue weighted by molar-refractivity contribution is 0.154. The fourth-order valence-electron chi connectivity index (χ4n) is 2.67. The Bertz CT molecular complexity index is 442. The molecule has 18 heavy (non-hydrogen) atoms. The molecule has 0 aliphatic carbocycles. The maximum atomic E-state index is 4.35. The number of aryl methyl sites for hydroxylation is 1. The summed E-state index contributed by atoms with van der Waals surface area (Å²) < 4.78 is 0. The third kappa shape index (κ3) is 2.28. The molecule has 0 spiro atoms. The van der Waals surface area contributed by atoms with E-state index in [2.05, 4.69) is 51.8 Å². The minimum absolute atomic E-state index is 0.590. The van der Waals surface area contributed by atoms with Crippen LogP contribution in [0.3, 0.4) is 0 Å². The Balaban J connectivity index is 1.60. The second-order valence-electron chi connectivity index (χ2n) is 5.36. The van der Waals surface area contributed by atoms with Gasteiger partial charge in [0.25, 0.3) is 0 Å². The molecular formula is C13H21N5. The number of piperidine rings is 1. The minimum atomic E-state index is 0.590. The molecule has 0 unspecified atom stereocenters. The highest BCUT2D eigenvalue weighted by molar-refractivity contribution is 5.55. The lowest BCUT2D eigenvalue weighted by Gasteiger charge is -2.34. The Morgan fingerprint density at radius 3 is 2.94 bits per heavy atom. The maximum Gasteiger partial charge on any atom is 0.0906 e. The van der Waals surface area contributed by atoms with Gasteiger partial charge < -0.3 is 9.91 Å². The van der Waals surface area contributed by atoms with Gasteiger partial charge in [0, 0.05) is 23.5 Å². The number of rotatable bonds is 2. The van der Waals surface area contributed by atoms with Crippen molar-refractivity contribution < 1.29 is 0 Å². The fraction of sp³-hybridized carbons (Fsp3) is 0.615. The zero-order chi connectivity index (χ0) is 12.5. The van der Waals surface area contributed by atoms with Gasteiger partial charge >= 0.3 is 0 Å². The highest BCUT2D eigenvalue weighted by atomic mass is 15.5. The third-order valence-corrected chi connectivity index (χ3v) is 3.88. The van der Waals surface area contributed by atoms with E-state index in [1.807, 2.05) is 0 Å². The summed E-state index contributed by atoms with van der Waals surface area (Å²) in [7, 11) is 2.19. The topological polar surface area (TPSA) is 47.2 Å². The monoisotopic (exact) mass is 247 g/mol. The van der Waals surface area contributed by atoms with Crippen molar-refractivity contribution in [2.45, 2.75) is 32.4 Å². The molecule has 0 bridgehead atoms. The summed E-state index contributed by atoms with van der Waals surface area (Å²) in [5, 5.41) is 9.56. The zero-order valence-electron chi connectivity index (χ0n) is 11.1. The van der Waals surface area contributed by atoms with Gasteiger partial charge in [-0.3, -0.25) is 5.10 Å². The van der Waals surface area contributed by atoms with Gasteiger partial charge in [0.05, 0.1) is 12.2 Å². The average molecular weight is 247 g/mol. The molecule has 0 saturated carbocycles. The summed E-state index contributed by atoms with van der Waals surface area (Å²) in [5.41, 5.74) is 7.13. The molecule has 0 atom stereocenters. The van der Waals surface area contributed by atoms with Crippen molar-refractivity contribution in [2.75, 3.05) is 20.1 Å². The second kappa shape index (κ2) is 4.74. The minimum Gasteiger partial charge on any atom is -0.309 e. The second-order valence-corrected chi connectivity index (χ2v) is 5.36. The number of hydrazine groups is 1.